The van der Waals surface area contributed by atoms with Crippen LogP contribution >= 0.6 is 0 Å². The molecule has 5 rings (SSSR count). The lowest BCUT2D eigenvalue weighted by molar-refractivity contribution is -0.627. The summed E-state index contributed by atoms with van der Waals surface area (Å²) in [6.45, 7) is 12.3. The van der Waals surface area contributed by atoms with E-state index in [-0.39, 0.29) is 42.2 Å². The first kappa shape index (κ1) is 30.5. The molecule has 3 saturated carbocycles. The number of nitro groups is 1. The number of hydrazine groups is 2. The Hall–Kier alpha value is -2.49. The lowest BCUT2D eigenvalue weighted by Crippen LogP contribution is -2.65. The highest BCUT2D eigenvalue weighted by Gasteiger charge is 2.68. The van der Waals surface area contributed by atoms with E-state index in [9.17, 15) is 24.5 Å². The molecule has 0 radical (unpaired) electrons. The Labute approximate surface area is 235 Å². The van der Waals surface area contributed by atoms with Gasteiger partial charge in [-0.15, -0.1) is 5.43 Å². The van der Waals surface area contributed by atoms with Gasteiger partial charge in [0.1, 0.15) is 6.04 Å². The molecule has 3 aliphatic carbocycles. The highest BCUT2D eigenvalue weighted by molar-refractivity contribution is 6.48. The molecule has 15 heteroatoms. The van der Waals surface area contributed by atoms with Crippen LogP contribution in [0.5, 0.6) is 0 Å². The van der Waals surface area contributed by atoms with Crippen molar-refractivity contribution >= 4 is 24.8 Å². The number of rotatable bonds is 14. The number of hydrogen-bond donors (Lipinski definition) is 5. The molecule has 0 aromatic rings. The number of nitrogens with zero attached hydrogens (tertiary/aromatic N) is 2. The summed E-state index contributed by atoms with van der Waals surface area (Å²) >= 11 is 0. The zero-order valence-electron chi connectivity index (χ0n) is 24.3. The van der Waals surface area contributed by atoms with Crippen LogP contribution in [0.4, 0.5) is 0 Å². The highest BCUT2D eigenvalue weighted by atomic mass is 16.7. The maximum Gasteiger partial charge on any atom is 0.481 e. The van der Waals surface area contributed by atoms with E-state index in [0.717, 1.165) is 18.0 Å². The molecular formula is C25H44BN7O7. The highest BCUT2D eigenvalue weighted by Crippen LogP contribution is 2.65. The maximum atomic E-state index is 13.6. The Kier molecular flexibility index (Phi) is 8.98. The third kappa shape index (κ3) is 6.53. The number of hydrogen-bond acceptors (Lipinski definition) is 9. The van der Waals surface area contributed by atoms with Gasteiger partial charge in [0.15, 0.2) is 5.03 Å². The summed E-state index contributed by atoms with van der Waals surface area (Å²) in [4.78, 5) is 48.1. The number of carbonyl (C=O) groups is 3. The van der Waals surface area contributed by atoms with Gasteiger partial charge in [-0.1, -0.05) is 27.7 Å². The Morgan fingerprint density at radius 2 is 1.93 bits per heavy atom. The number of nitrogens with one attached hydrogen (secondary N) is 5. The number of amides is 3. The second-order valence-electron chi connectivity index (χ2n) is 12.8. The van der Waals surface area contributed by atoms with Crippen LogP contribution < -0.4 is 26.7 Å². The second-order valence-corrected chi connectivity index (χ2v) is 12.8. The van der Waals surface area contributed by atoms with Gasteiger partial charge in [0.05, 0.1) is 24.2 Å². The Morgan fingerprint density at radius 3 is 2.52 bits per heavy atom. The fourth-order valence-electron chi connectivity index (χ4n) is 6.73. The summed E-state index contributed by atoms with van der Waals surface area (Å²) in [6, 6.07) is -0.873. The smallest absolute Gasteiger partial charge is 0.404 e. The van der Waals surface area contributed by atoms with E-state index >= 15 is 0 Å². The molecule has 2 aliphatic heterocycles. The molecule has 2 heterocycles. The van der Waals surface area contributed by atoms with E-state index in [4.69, 9.17) is 9.31 Å². The lowest BCUT2D eigenvalue weighted by Gasteiger charge is -2.64. The standard InChI is InChI=1S/C25H44BN7O7/c1-14(2)10-20(26-39-19-12-16-11-18(24(16,4)5)25(19,6)40-26)30-22(36)17(29-21(35)13-28-15(3)34)8-7-9-27-23-31-32(23)33(37)38/h14,16-20,23,27,31H,7-13H2,1-6H3,(H,28,34)(H,29,35)(H,30,36)/t16-,17-,18-,19+,20-,23?,25-,32?/m0/s1. The van der Waals surface area contributed by atoms with Gasteiger partial charge in [0.25, 0.3) is 0 Å². The minimum Gasteiger partial charge on any atom is -0.404 e. The SMILES string of the molecule is CC(=O)NCC(=O)N[C@@H](CCCNC1NN1[N+](=O)[O-])C(=O)N[C@@H](CC(C)C)B1O[C@@H]2C[C@@H]3C[C@@H](C3(C)C)[C@]2(C)O1. The molecule has 2 bridgehead atoms. The Bertz CT molecular complexity index is 1000. The molecule has 40 heavy (non-hydrogen) atoms. The summed E-state index contributed by atoms with van der Waals surface area (Å²) in [6.07, 6.45) is 2.87. The molecule has 5 N–H and O–H groups in total. The third-order valence-corrected chi connectivity index (χ3v) is 9.11. The van der Waals surface area contributed by atoms with Crippen molar-refractivity contribution in [3.8, 4) is 0 Å². The first-order valence-electron chi connectivity index (χ1n) is 14.3. The van der Waals surface area contributed by atoms with E-state index in [0.29, 0.717) is 31.2 Å². The van der Waals surface area contributed by atoms with E-state index in [2.05, 4.69) is 61.3 Å². The topological polar surface area (TPSA) is 186 Å². The van der Waals surface area contributed by atoms with Crippen LogP contribution in [0.15, 0.2) is 0 Å². The normalized spacial score (nSPS) is 31.1. The minimum atomic E-state index is -0.873. The van der Waals surface area contributed by atoms with Crippen LogP contribution in [-0.2, 0) is 23.7 Å². The lowest BCUT2D eigenvalue weighted by atomic mass is 9.43. The van der Waals surface area contributed by atoms with Crippen molar-refractivity contribution in [3.05, 3.63) is 10.1 Å². The molecule has 1 unspecified atom stereocenters. The molecule has 0 aromatic carbocycles. The predicted octanol–water partition coefficient (Wildman–Crippen LogP) is 0.0710. The Morgan fingerprint density at radius 1 is 1.20 bits per heavy atom. The summed E-state index contributed by atoms with van der Waals surface area (Å²) in [5.41, 5.74) is 2.35. The summed E-state index contributed by atoms with van der Waals surface area (Å²) in [7, 11) is -0.594. The van der Waals surface area contributed by atoms with Gasteiger partial charge >= 0.3 is 7.12 Å². The van der Waals surface area contributed by atoms with Gasteiger partial charge in [0, 0.05) is 6.92 Å². The molecule has 14 nitrogen and oxygen atoms in total. The molecule has 224 valence electrons. The molecular weight excluding hydrogens is 521 g/mol. The predicted molar refractivity (Wildman–Crippen MR) is 145 cm³/mol. The van der Waals surface area contributed by atoms with Crippen molar-refractivity contribution in [1.82, 2.24) is 31.8 Å². The molecule has 7 atom stereocenters. The monoisotopic (exact) mass is 565 g/mol. The minimum absolute atomic E-state index is 0.0187. The maximum absolute atomic E-state index is 13.6. The fourth-order valence-corrected chi connectivity index (χ4v) is 6.73. The van der Waals surface area contributed by atoms with Gasteiger partial charge in [-0.05, 0) is 73.9 Å². The molecule has 5 aliphatic rings. The molecule has 5 fully saturated rings. The van der Waals surface area contributed by atoms with Crippen molar-refractivity contribution in [2.24, 2.45) is 23.2 Å². The molecule has 0 aromatic heterocycles. The van der Waals surface area contributed by atoms with Crippen LogP contribution in [-0.4, -0.2) is 78.1 Å². The summed E-state index contributed by atoms with van der Waals surface area (Å²) < 4.78 is 13.1. The van der Waals surface area contributed by atoms with Crippen LogP contribution in [0.1, 0.15) is 73.6 Å². The first-order valence-corrected chi connectivity index (χ1v) is 14.3. The number of carbonyl (C=O) groups excluding carboxylic acids is 3. The summed E-state index contributed by atoms with van der Waals surface area (Å²) in [5, 5.41) is 22.3. The third-order valence-electron chi connectivity index (χ3n) is 9.11. The van der Waals surface area contributed by atoms with Crippen molar-refractivity contribution in [1.29, 1.82) is 0 Å². The summed E-state index contributed by atoms with van der Waals surface area (Å²) in [5.74, 6) is -0.355. The van der Waals surface area contributed by atoms with Crippen molar-refractivity contribution in [2.75, 3.05) is 13.1 Å². The van der Waals surface area contributed by atoms with E-state index in [1.54, 1.807) is 0 Å². The second kappa shape index (κ2) is 11.8. The quantitative estimate of drug-likeness (QED) is 0.0635. The largest absolute Gasteiger partial charge is 0.481 e. The van der Waals surface area contributed by atoms with Crippen LogP contribution in [0.2, 0.25) is 0 Å². The average molecular weight is 565 g/mol. The van der Waals surface area contributed by atoms with E-state index < -0.39 is 41.9 Å². The molecule has 3 amide bonds. The van der Waals surface area contributed by atoms with Gasteiger partial charge in [-0.2, -0.15) is 0 Å². The van der Waals surface area contributed by atoms with Crippen molar-refractivity contribution < 1.29 is 28.7 Å². The van der Waals surface area contributed by atoms with Crippen LogP contribution in [0.3, 0.4) is 0 Å². The van der Waals surface area contributed by atoms with Crippen molar-refractivity contribution in [3.63, 3.8) is 0 Å². The van der Waals surface area contributed by atoms with E-state index in [1.807, 2.05) is 0 Å². The molecule has 2 saturated heterocycles. The van der Waals surface area contributed by atoms with Crippen LogP contribution in [0, 0.1) is 33.3 Å². The first-order chi connectivity index (χ1) is 18.7. The zero-order chi connectivity index (χ0) is 29.4. The van der Waals surface area contributed by atoms with Gasteiger partial charge < -0.3 is 25.3 Å². The van der Waals surface area contributed by atoms with Crippen molar-refractivity contribution in [2.45, 2.75) is 104 Å². The van der Waals surface area contributed by atoms with Crippen LogP contribution in [0.25, 0.3) is 0 Å². The Balaban J connectivity index is 1.39. The van der Waals surface area contributed by atoms with E-state index in [1.165, 1.54) is 6.92 Å². The molecule has 0 spiro atoms. The average Bonchev–Trinajstić information content (AvgIpc) is 3.55. The van der Waals surface area contributed by atoms with Gasteiger partial charge in [-0.3, -0.25) is 19.7 Å². The fraction of sp³-hybridized carbons (Fsp3) is 0.880. The van der Waals surface area contributed by atoms with Gasteiger partial charge in [0.2, 0.25) is 24.0 Å². The van der Waals surface area contributed by atoms with Gasteiger partial charge in [-0.25, -0.2) is 10.1 Å². The zero-order valence-corrected chi connectivity index (χ0v) is 24.3.